The van der Waals surface area contributed by atoms with Gasteiger partial charge in [-0.15, -0.1) is 0 Å². The molecule has 0 aliphatic heterocycles. The van der Waals surface area contributed by atoms with Crippen molar-refractivity contribution in [2.75, 3.05) is 0 Å². The van der Waals surface area contributed by atoms with Crippen LogP contribution in [-0.2, 0) is 9.59 Å². The summed E-state index contributed by atoms with van der Waals surface area (Å²) in [5, 5.41) is 6.43. The number of nitrogens with one attached hydrogen (secondary N) is 2. The predicted molar refractivity (Wildman–Crippen MR) is 107 cm³/mol. The molecule has 2 amide bonds. The highest BCUT2D eigenvalue weighted by Crippen LogP contribution is 2.18. The Kier molecular flexibility index (Phi) is 10.8. The summed E-state index contributed by atoms with van der Waals surface area (Å²) < 4.78 is 0. The molecule has 2 saturated carbocycles. The van der Waals surface area contributed by atoms with Crippen molar-refractivity contribution < 1.29 is 9.59 Å². The van der Waals surface area contributed by atoms with E-state index in [2.05, 4.69) is 10.6 Å². The van der Waals surface area contributed by atoms with Gasteiger partial charge in [0.1, 0.15) is 0 Å². The molecule has 0 radical (unpaired) electrons. The second-order valence-electron chi connectivity index (χ2n) is 8.43. The zero-order valence-electron chi connectivity index (χ0n) is 16.7. The van der Waals surface area contributed by atoms with Gasteiger partial charge >= 0.3 is 0 Å². The lowest BCUT2D eigenvalue weighted by atomic mass is 9.96. The van der Waals surface area contributed by atoms with Gasteiger partial charge in [-0.05, 0) is 38.5 Å². The van der Waals surface area contributed by atoms with Crippen molar-refractivity contribution in [1.29, 1.82) is 0 Å². The van der Waals surface area contributed by atoms with Crippen molar-refractivity contribution in [3.8, 4) is 0 Å². The van der Waals surface area contributed by atoms with Gasteiger partial charge < -0.3 is 10.6 Å². The second-order valence-corrected chi connectivity index (χ2v) is 8.43. The first kappa shape index (κ1) is 21.2. The Balaban J connectivity index is 1.52. The smallest absolute Gasteiger partial charge is 0.220 e. The first-order chi connectivity index (χ1) is 12.7. The fourth-order valence-electron chi connectivity index (χ4n) is 4.37. The molecule has 0 unspecified atom stereocenters. The molecular formula is C22H40N2O2. The van der Waals surface area contributed by atoms with E-state index in [1.807, 2.05) is 0 Å². The van der Waals surface area contributed by atoms with Gasteiger partial charge in [0.15, 0.2) is 0 Å². The first-order valence-electron chi connectivity index (χ1n) is 11.3. The number of carbonyl (C=O) groups excluding carboxylic acids is 2. The molecule has 2 N–H and O–H groups in total. The Hall–Kier alpha value is -1.06. The maximum Gasteiger partial charge on any atom is 0.220 e. The topological polar surface area (TPSA) is 58.2 Å². The van der Waals surface area contributed by atoms with Crippen molar-refractivity contribution >= 4 is 11.8 Å². The molecule has 4 heteroatoms. The first-order valence-corrected chi connectivity index (χ1v) is 11.3. The standard InChI is InChI=1S/C22H40N2O2/c25-21(23-19-13-7-3-1-4-8-14-19)17-11-12-18-22(26)24-20-15-9-5-2-6-10-16-20/h19-20H,1-18H2,(H,23,25)(H,24,26). The maximum atomic E-state index is 12.1. The van der Waals surface area contributed by atoms with Gasteiger partial charge in [-0.25, -0.2) is 0 Å². The van der Waals surface area contributed by atoms with E-state index in [9.17, 15) is 9.59 Å². The zero-order valence-corrected chi connectivity index (χ0v) is 16.7. The van der Waals surface area contributed by atoms with E-state index in [4.69, 9.17) is 0 Å². The molecular weight excluding hydrogens is 324 g/mol. The third kappa shape index (κ3) is 9.59. The molecule has 2 aliphatic rings. The molecule has 0 bridgehead atoms. The molecule has 0 spiro atoms. The van der Waals surface area contributed by atoms with Crippen LogP contribution >= 0.6 is 0 Å². The van der Waals surface area contributed by atoms with Gasteiger partial charge in [0.2, 0.25) is 11.8 Å². The van der Waals surface area contributed by atoms with Crippen molar-refractivity contribution in [3.05, 3.63) is 0 Å². The minimum absolute atomic E-state index is 0.177. The van der Waals surface area contributed by atoms with E-state index < -0.39 is 0 Å². The minimum Gasteiger partial charge on any atom is -0.353 e. The predicted octanol–water partition coefficient (Wildman–Crippen LogP) is 5.01. The molecule has 0 aromatic carbocycles. The van der Waals surface area contributed by atoms with Crippen molar-refractivity contribution in [2.24, 2.45) is 0 Å². The van der Waals surface area contributed by atoms with Crippen LogP contribution in [0.3, 0.4) is 0 Å². The number of hydrogen-bond acceptors (Lipinski definition) is 2. The number of unbranched alkanes of at least 4 members (excludes halogenated alkanes) is 1. The largest absolute Gasteiger partial charge is 0.353 e. The van der Waals surface area contributed by atoms with E-state index >= 15 is 0 Å². The van der Waals surface area contributed by atoms with Gasteiger partial charge in [-0.3, -0.25) is 9.59 Å². The van der Waals surface area contributed by atoms with Gasteiger partial charge in [-0.2, -0.15) is 0 Å². The van der Waals surface area contributed by atoms with Crippen LogP contribution in [0.25, 0.3) is 0 Å². The number of hydrogen-bond donors (Lipinski definition) is 2. The van der Waals surface area contributed by atoms with Crippen LogP contribution in [0, 0.1) is 0 Å². The molecule has 2 fully saturated rings. The summed E-state index contributed by atoms with van der Waals surface area (Å²) in [5.74, 6) is 0.354. The molecule has 26 heavy (non-hydrogen) atoms. The van der Waals surface area contributed by atoms with Crippen LogP contribution in [0.4, 0.5) is 0 Å². The molecule has 0 aromatic rings. The number of carbonyl (C=O) groups is 2. The molecule has 150 valence electrons. The van der Waals surface area contributed by atoms with Gasteiger partial charge in [0, 0.05) is 24.9 Å². The van der Waals surface area contributed by atoms with Crippen LogP contribution < -0.4 is 10.6 Å². The zero-order chi connectivity index (χ0) is 18.5. The highest BCUT2D eigenvalue weighted by molar-refractivity contribution is 5.77. The Morgan fingerprint density at radius 2 is 0.846 bits per heavy atom. The van der Waals surface area contributed by atoms with Gasteiger partial charge in [0.25, 0.3) is 0 Å². The van der Waals surface area contributed by atoms with Crippen LogP contribution in [0.2, 0.25) is 0 Å². The molecule has 4 nitrogen and oxygen atoms in total. The summed E-state index contributed by atoms with van der Waals surface area (Å²) in [6.45, 7) is 0. The maximum absolute atomic E-state index is 12.1. The monoisotopic (exact) mass is 364 g/mol. The van der Waals surface area contributed by atoms with E-state index in [1.165, 1.54) is 64.2 Å². The molecule has 0 saturated heterocycles. The summed E-state index contributed by atoms with van der Waals surface area (Å²) >= 11 is 0. The van der Waals surface area contributed by atoms with E-state index in [-0.39, 0.29) is 11.8 Å². The molecule has 2 rings (SSSR count). The van der Waals surface area contributed by atoms with E-state index in [1.54, 1.807) is 0 Å². The summed E-state index contributed by atoms with van der Waals surface area (Å²) in [5.41, 5.74) is 0. The van der Waals surface area contributed by atoms with E-state index in [0.29, 0.717) is 24.9 Å². The van der Waals surface area contributed by atoms with Gasteiger partial charge in [-0.1, -0.05) is 64.2 Å². The SMILES string of the molecule is O=C(CCCCC(=O)NC1CCCCCCC1)NC1CCCCCCC1. The fourth-order valence-corrected chi connectivity index (χ4v) is 4.37. The third-order valence-corrected chi connectivity index (χ3v) is 6.00. The number of amides is 2. The van der Waals surface area contributed by atoms with Gasteiger partial charge in [0.05, 0.1) is 0 Å². The fraction of sp³-hybridized carbons (Fsp3) is 0.909. The van der Waals surface area contributed by atoms with Crippen molar-refractivity contribution in [1.82, 2.24) is 10.6 Å². The summed E-state index contributed by atoms with van der Waals surface area (Å²) in [7, 11) is 0. The number of rotatable bonds is 7. The second kappa shape index (κ2) is 13.2. The lowest BCUT2D eigenvalue weighted by molar-refractivity contribution is -0.123. The van der Waals surface area contributed by atoms with Crippen LogP contribution in [-0.4, -0.2) is 23.9 Å². The Morgan fingerprint density at radius 1 is 0.538 bits per heavy atom. The summed E-state index contributed by atoms with van der Waals surface area (Å²) in [6.07, 6.45) is 20.2. The Morgan fingerprint density at radius 3 is 1.19 bits per heavy atom. The highest BCUT2D eigenvalue weighted by atomic mass is 16.2. The normalized spacial score (nSPS) is 21.1. The third-order valence-electron chi connectivity index (χ3n) is 6.00. The lowest BCUT2D eigenvalue weighted by Gasteiger charge is -2.21. The van der Waals surface area contributed by atoms with Crippen molar-refractivity contribution in [3.63, 3.8) is 0 Å². The minimum atomic E-state index is 0.177. The average Bonchev–Trinajstić information content (AvgIpc) is 2.56. The molecule has 0 atom stereocenters. The highest BCUT2D eigenvalue weighted by Gasteiger charge is 2.15. The lowest BCUT2D eigenvalue weighted by Crippen LogP contribution is -2.35. The quantitative estimate of drug-likeness (QED) is 0.624. The van der Waals surface area contributed by atoms with Crippen LogP contribution in [0.1, 0.15) is 116 Å². The van der Waals surface area contributed by atoms with Crippen LogP contribution in [0.5, 0.6) is 0 Å². The Bertz CT molecular complexity index is 357. The van der Waals surface area contributed by atoms with Crippen LogP contribution in [0.15, 0.2) is 0 Å². The molecule has 0 heterocycles. The van der Waals surface area contributed by atoms with E-state index in [0.717, 1.165) is 38.5 Å². The summed E-state index contributed by atoms with van der Waals surface area (Å²) in [4.78, 5) is 24.3. The summed E-state index contributed by atoms with van der Waals surface area (Å²) in [6, 6.07) is 0.760. The molecule has 0 aromatic heterocycles. The van der Waals surface area contributed by atoms with Crippen molar-refractivity contribution in [2.45, 2.75) is 128 Å². The Labute approximate surface area is 160 Å². The molecule has 2 aliphatic carbocycles. The average molecular weight is 365 g/mol.